The third kappa shape index (κ3) is 2.48. The fourth-order valence-corrected chi connectivity index (χ4v) is 1.77. The number of primary sulfonamides is 1. The average molecular weight is 234 g/mol. The van der Waals surface area contributed by atoms with Crippen LogP contribution in [-0.2, 0) is 16.7 Å². The summed E-state index contributed by atoms with van der Waals surface area (Å²) in [5.41, 5.74) is -0.640. The molecule has 1 aromatic carbocycles. The Kier molecular flexibility index (Phi) is 3.01. The summed E-state index contributed by atoms with van der Waals surface area (Å²) in [5.74, 6) is 0. The quantitative estimate of drug-likeness (QED) is 0.614. The third-order valence-electron chi connectivity index (χ3n) is 1.68. The van der Waals surface area contributed by atoms with Gasteiger partial charge in [0.15, 0.2) is 4.90 Å². The number of alkyl halides is 1. The Morgan fingerprint density at radius 2 is 2.07 bits per heavy atom. The van der Waals surface area contributed by atoms with Crippen LogP contribution < -0.4 is 5.14 Å². The predicted octanol–water partition coefficient (Wildman–Crippen LogP) is 0.712. The summed E-state index contributed by atoms with van der Waals surface area (Å²) in [4.78, 5) is 8.89. The number of sulfonamides is 1. The highest BCUT2D eigenvalue weighted by Crippen LogP contribution is 2.23. The molecule has 2 N–H and O–H groups in total. The second kappa shape index (κ2) is 3.91. The summed E-state index contributed by atoms with van der Waals surface area (Å²) in [7, 11) is -4.22. The Balaban J connectivity index is 3.50. The Morgan fingerprint density at radius 3 is 2.47 bits per heavy atom. The molecule has 0 bridgehead atoms. The minimum absolute atomic E-state index is 0.0182. The van der Waals surface area contributed by atoms with Gasteiger partial charge in [-0.05, 0) is 17.7 Å². The van der Waals surface area contributed by atoms with Crippen molar-refractivity contribution >= 4 is 15.7 Å². The molecule has 0 aliphatic rings. The number of nitrogens with zero attached hydrogens (tertiary/aromatic N) is 1. The second-order valence-electron chi connectivity index (χ2n) is 2.74. The van der Waals surface area contributed by atoms with Crippen molar-refractivity contribution in [3.8, 4) is 0 Å². The molecule has 0 heterocycles. The van der Waals surface area contributed by atoms with E-state index in [0.717, 1.165) is 18.2 Å². The van der Waals surface area contributed by atoms with E-state index in [-0.39, 0.29) is 5.56 Å². The van der Waals surface area contributed by atoms with Crippen molar-refractivity contribution in [1.29, 1.82) is 0 Å². The molecule has 0 unspecified atom stereocenters. The van der Waals surface area contributed by atoms with Gasteiger partial charge >= 0.3 is 0 Å². The molecule has 1 rings (SSSR count). The Morgan fingerprint density at radius 1 is 1.47 bits per heavy atom. The maximum absolute atomic E-state index is 12.2. The van der Waals surface area contributed by atoms with Crippen molar-refractivity contribution in [3.05, 3.63) is 33.9 Å². The van der Waals surface area contributed by atoms with E-state index in [1.54, 1.807) is 0 Å². The molecule has 15 heavy (non-hydrogen) atoms. The molecular formula is C7H7FN2O4S. The summed E-state index contributed by atoms with van der Waals surface area (Å²) >= 11 is 0. The van der Waals surface area contributed by atoms with Crippen molar-refractivity contribution in [3.63, 3.8) is 0 Å². The highest BCUT2D eigenvalue weighted by atomic mass is 32.2. The molecule has 6 nitrogen and oxygen atoms in total. The lowest BCUT2D eigenvalue weighted by Gasteiger charge is -2.01. The molecule has 0 aliphatic carbocycles. The molecule has 82 valence electrons. The lowest BCUT2D eigenvalue weighted by molar-refractivity contribution is -0.387. The van der Waals surface area contributed by atoms with E-state index in [0.29, 0.717) is 0 Å². The number of nitro benzene ring substituents is 1. The first-order chi connectivity index (χ1) is 6.86. The van der Waals surface area contributed by atoms with E-state index in [1.807, 2.05) is 0 Å². The van der Waals surface area contributed by atoms with Gasteiger partial charge in [0.2, 0.25) is 10.0 Å². The van der Waals surface area contributed by atoms with Gasteiger partial charge in [-0.15, -0.1) is 0 Å². The van der Waals surface area contributed by atoms with Crippen LogP contribution in [-0.4, -0.2) is 13.3 Å². The molecule has 0 spiro atoms. The number of hydrogen-bond donors (Lipinski definition) is 1. The molecule has 0 saturated heterocycles. The van der Waals surface area contributed by atoms with Crippen LogP contribution >= 0.6 is 0 Å². The summed E-state index contributed by atoms with van der Waals surface area (Å²) in [6.07, 6.45) is 0. The smallest absolute Gasteiger partial charge is 0.258 e. The van der Waals surface area contributed by atoms with Gasteiger partial charge in [-0.2, -0.15) is 0 Å². The molecule has 8 heteroatoms. The minimum atomic E-state index is -4.22. The zero-order valence-corrected chi connectivity index (χ0v) is 8.20. The molecule has 0 aromatic heterocycles. The van der Waals surface area contributed by atoms with Gasteiger partial charge in [0.05, 0.1) is 4.92 Å². The fraction of sp³-hybridized carbons (Fsp3) is 0.143. The van der Waals surface area contributed by atoms with E-state index in [1.165, 1.54) is 0 Å². The molecular weight excluding hydrogens is 227 g/mol. The number of halogens is 1. The van der Waals surface area contributed by atoms with Crippen LogP contribution in [0, 0.1) is 10.1 Å². The van der Waals surface area contributed by atoms with E-state index in [4.69, 9.17) is 5.14 Å². The summed E-state index contributed by atoms with van der Waals surface area (Å²) in [5, 5.41) is 15.2. The molecule has 0 amide bonds. The third-order valence-corrected chi connectivity index (χ3v) is 2.62. The average Bonchev–Trinajstić information content (AvgIpc) is 2.15. The van der Waals surface area contributed by atoms with Crippen molar-refractivity contribution in [1.82, 2.24) is 0 Å². The topological polar surface area (TPSA) is 103 Å². The highest BCUT2D eigenvalue weighted by Gasteiger charge is 2.22. The first-order valence-corrected chi connectivity index (χ1v) is 5.27. The number of rotatable bonds is 3. The Labute approximate surface area is 84.7 Å². The Bertz CT molecular complexity index is 500. The largest absolute Gasteiger partial charge is 0.289 e. The van der Waals surface area contributed by atoms with Crippen LogP contribution in [0.5, 0.6) is 0 Å². The van der Waals surface area contributed by atoms with Crippen molar-refractivity contribution in [2.75, 3.05) is 0 Å². The lowest BCUT2D eigenvalue weighted by Crippen LogP contribution is -2.14. The Hall–Kier alpha value is -1.54. The van der Waals surface area contributed by atoms with Gasteiger partial charge in [0.1, 0.15) is 6.67 Å². The van der Waals surface area contributed by atoms with E-state index in [9.17, 15) is 22.9 Å². The second-order valence-corrected chi connectivity index (χ2v) is 4.27. The standard InChI is InChI=1S/C7H7FN2O4S/c8-4-5-1-2-6(10(11)12)7(3-5)15(9,13)14/h1-3H,4H2,(H2,9,13,14). The van der Waals surface area contributed by atoms with E-state index < -0.39 is 32.2 Å². The number of benzene rings is 1. The molecule has 0 saturated carbocycles. The highest BCUT2D eigenvalue weighted by molar-refractivity contribution is 7.89. The maximum Gasteiger partial charge on any atom is 0.289 e. The van der Waals surface area contributed by atoms with Crippen LogP contribution in [0.15, 0.2) is 23.1 Å². The van der Waals surface area contributed by atoms with E-state index >= 15 is 0 Å². The van der Waals surface area contributed by atoms with Crippen LogP contribution in [0.2, 0.25) is 0 Å². The van der Waals surface area contributed by atoms with Crippen molar-refractivity contribution in [2.24, 2.45) is 5.14 Å². The van der Waals surface area contributed by atoms with Crippen LogP contribution in [0.3, 0.4) is 0 Å². The lowest BCUT2D eigenvalue weighted by atomic mass is 10.2. The number of nitrogens with two attached hydrogens (primary N) is 1. The number of hydrogen-bond acceptors (Lipinski definition) is 4. The molecule has 0 atom stereocenters. The number of nitro groups is 1. The zero-order chi connectivity index (χ0) is 11.6. The zero-order valence-electron chi connectivity index (χ0n) is 7.38. The molecule has 0 radical (unpaired) electrons. The molecule has 1 aromatic rings. The maximum atomic E-state index is 12.2. The van der Waals surface area contributed by atoms with Gasteiger partial charge in [-0.25, -0.2) is 17.9 Å². The van der Waals surface area contributed by atoms with Crippen LogP contribution in [0.4, 0.5) is 10.1 Å². The van der Waals surface area contributed by atoms with Gasteiger partial charge in [0.25, 0.3) is 5.69 Å². The predicted molar refractivity (Wildman–Crippen MR) is 49.3 cm³/mol. The first kappa shape index (κ1) is 11.5. The summed E-state index contributed by atoms with van der Waals surface area (Å²) in [6.45, 7) is -0.916. The fourth-order valence-electron chi connectivity index (χ4n) is 1.02. The SMILES string of the molecule is NS(=O)(=O)c1cc(CF)ccc1[N+](=O)[O-]. The summed E-state index contributed by atoms with van der Waals surface area (Å²) < 4.78 is 34.2. The van der Waals surface area contributed by atoms with Crippen LogP contribution in [0.1, 0.15) is 5.56 Å². The van der Waals surface area contributed by atoms with Crippen LogP contribution in [0.25, 0.3) is 0 Å². The minimum Gasteiger partial charge on any atom is -0.258 e. The van der Waals surface area contributed by atoms with Gasteiger partial charge in [-0.3, -0.25) is 10.1 Å². The normalized spacial score (nSPS) is 11.3. The molecule has 0 aliphatic heterocycles. The monoisotopic (exact) mass is 234 g/mol. The van der Waals surface area contributed by atoms with Crippen molar-refractivity contribution < 1.29 is 17.7 Å². The summed E-state index contributed by atoms with van der Waals surface area (Å²) in [6, 6.07) is 2.90. The van der Waals surface area contributed by atoms with Gasteiger partial charge < -0.3 is 0 Å². The van der Waals surface area contributed by atoms with E-state index in [2.05, 4.69) is 0 Å². The van der Waals surface area contributed by atoms with Crippen molar-refractivity contribution in [2.45, 2.75) is 11.6 Å². The molecule has 0 fully saturated rings. The van der Waals surface area contributed by atoms with Gasteiger partial charge in [-0.1, -0.05) is 0 Å². The first-order valence-electron chi connectivity index (χ1n) is 3.72. The van der Waals surface area contributed by atoms with Gasteiger partial charge in [0, 0.05) is 6.07 Å².